The molecule has 31 heavy (non-hydrogen) atoms. The molecule has 3 aromatic rings. The van der Waals surface area contributed by atoms with Gasteiger partial charge in [0.25, 0.3) is 0 Å². The van der Waals surface area contributed by atoms with Crippen molar-refractivity contribution in [2.45, 2.75) is 25.2 Å². The number of hydrogen-bond acceptors (Lipinski definition) is 5. The van der Waals surface area contributed by atoms with Crippen molar-refractivity contribution < 1.29 is 9.53 Å². The molecule has 0 bridgehead atoms. The molecule has 0 aliphatic carbocycles. The summed E-state index contributed by atoms with van der Waals surface area (Å²) < 4.78 is 7.73. The topological polar surface area (TPSA) is 69.0 Å². The summed E-state index contributed by atoms with van der Waals surface area (Å²) >= 11 is 19.3. The highest BCUT2D eigenvalue weighted by Gasteiger charge is 2.15. The van der Waals surface area contributed by atoms with Crippen LogP contribution in [0, 0.1) is 6.92 Å². The minimum Gasteiger partial charge on any atom is -0.485 e. The Kier molecular flexibility index (Phi) is 8.26. The molecule has 0 unspecified atom stereocenters. The third-order valence-electron chi connectivity index (χ3n) is 4.17. The molecule has 0 spiro atoms. The summed E-state index contributed by atoms with van der Waals surface area (Å²) in [5.41, 5.74) is 1.42. The summed E-state index contributed by atoms with van der Waals surface area (Å²) in [6.07, 6.45) is 1.74. The second kappa shape index (κ2) is 10.9. The highest BCUT2D eigenvalue weighted by Crippen LogP contribution is 2.32. The zero-order chi connectivity index (χ0) is 22.4. The number of nitrogens with zero attached hydrogens (tertiary/aromatic N) is 3. The number of nitrogens with one attached hydrogen (secondary N) is 1. The van der Waals surface area contributed by atoms with Crippen LogP contribution in [0.4, 0.5) is 5.69 Å². The van der Waals surface area contributed by atoms with Crippen LogP contribution < -0.4 is 10.1 Å². The van der Waals surface area contributed by atoms with Crippen molar-refractivity contribution in [3.05, 3.63) is 75.5 Å². The molecule has 1 amide bonds. The quantitative estimate of drug-likeness (QED) is 0.222. The molecule has 0 fully saturated rings. The first-order valence-corrected chi connectivity index (χ1v) is 11.3. The normalized spacial score (nSPS) is 10.7. The molecule has 162 valence electrons. The highest BCUT2D eigenvalue weighted by atomic mass is 35.5. The molecule has 1 heterocycles. The lowest BCUT2D eigenvalue weighted by Gasteiger charge is -2.11. The number of amides is 1. The van der Waals surface area contributed by atoms with E-state index in [2.05, 4.69) is 22.1 Å². The molecule has 0 aliphatic heterocycles. The number of ether oxygens (including phenoxy) is 1. The number of aromatic nitrogens is 3. The molecule has 0 saturated carbocycles. The fourth-order valence-corrected chi connectivity index (χ4v) is 4.00. The minimum atomic E-state index is -0.267. The van der Waals surface area contributed by atoms with Crippen molar-refractivity contribution in [1.82, 2.24) is 14.8 Å². The number of hydrogen-bond donors (Lipinski definition) is 1. The van der Waals surface area contributed by atoms with Gasteiger partial charge in [-0.15, -0.1) is 16.8 Å². The predicted molar refractivity (Wildman–Crippen MR) is 127 cm³/mol. The molecule has 1 aromatic heterocycles. The van der Waals surface area contributed by atoms with E-state index in [0.29, 0.717) is 38.3 Å². The first kappa shape index (κ1) is 23.5. The number of rotatable bonds is 9. The molecule has 3 rings (SSSR count). The third kappa shape index (κ3) is 6.17. The zero-order valence-electron chi connectivity index (χ0n) is 16.6. The van der Waals surface area contributed by atoms with Gasteiger partial charge < -0.3 is 10.1 Å². The summed E-state index contributed by atoms with van der Waals surface area (Å²) in [5, 5.41) is 12.6. The highest BCUT2D eigenvalue weighted by molar-refractivity contribution is 7.99. The molecule has 2 aromatic carbocycles. The molecule has 10 heteroatoms. The van der Waals surface area contributed by atoms with Gasteiger partial charge in [-0.05, 0) is 30.7 Å². The van der Waals surface area contributed by atoms with Gasteiger partial charge in [-0.3, -0.25) is 9.36 Å². The molecule has 6 nitrogen and oxygen atoms in total. The first-order valence-electron chi connectivity index (χ1n) is 9.17. The lowest BCUT2D eigenvalue weighted by atomic mass is 10.2. The predicted octanol–water partition coefficient (Wildman–Crippen LogP) is 6.04. The van der Waals surface area contributed by atoms with Crippen molar-refractivity contribution in [2.24, 2.45) is 0 Å². The van der Waals surface area contributed by atoms with E-state index in [1.165, 1.54) is 23.9 Å². The molecule has 0 aliphatic rings. The van der Waals surface area contributed by atoms with E-state index in [4.69, 9.17) is 39.5 Å². The average Bonchev–Trinajstić information content (AvgIpc) is 3.12. The summed E-state index contributed by atoms with van der Waals surface area (Å²) in [6.45, 7) is 6.49. The maximum atomic E-state index is 12.4. The number of para-hydroxylation sites is 1. The van der Waals surface area contributed by atoms with Crippen LogP contribution in [0.2, 0.25) is 15.1 Å². The summed E-state index contributed by atoms with van der Waals surface area (Å²) in [6, 6.07) is 10.7. The van der Waals surface area contributed by atoms with E-state index in [1.807, 2.05) is 35.8 Å². The summed E-state index contributed by atoms with van der Waals surface area (Å²) in [5.74, 6) is 1.25. The zero-order valence-corrected chi connectivity index (χ0v) is 19.7. The Labute approximate surface area is 199 Å². The summed E-state index contributed by atoms with van der Waals surface area (Å²) in [4.78, 5) is 12.4. The van der Waals surface area contributed by atoms with Crippen LogP contribution in [0.25, 0.3) is 0 Å². The van der Waals surface area contributed by atoms with Crippen LogP contribution in [0.3, 0.4) is 0 Å². The van der Waals surface area contributed by atoms with Gasteiger partial charge in [0.2, 0.25) is 5.91 Å². The van der Waals surface area contributed by atoms with Gasteiger partial charge in [0.05, 0.1) is 26.5 Å². The number of aryl methyl sites for hydroxylation is 1. The second-order valence-electron chi connectivity index (χ2n) is 6.44. The van der Waals surface area contributed by atoms with Crippen LogP contribution in [-0.4, -0.2) is 26.4 Å². The minimum absolute atomic E-state index is 0.102. The Morgan fingerprint density at radius 2 is 1.94 bits per heavy atom. The van der Waals surface area contributed by atoms with Crippen molar-refractivity contribution in [3.63, 3.8) is 0 Å². The molecule has 1 N–H and O–H groups in total. The fourth-order valence-electron chi connectivity index (χ4n) is 2.64. The number of benzene rings is 2. The van der Waals surface area contributed by atoms with E-state index in [0.717, 1.165) is 11.3 Å². The maximum Gasteiger partial charge on any atom is 0.234 e. The Balaban J connectivity index is 1.64. The average molecular weight is 498 g/mol. The number of allylic oxidation sites excluding steroid dienone is 1. The smallest absolute Gasteiger partial charge is 0.234 e. The molecule has 0 radical (unpaired) electrons. The van der Waals surface area contributed by atoms with E-state index in [-0.39, 0.29) is 18.3 Å². The van der Waals surface area contributed by atoms with Crippen LogP contribution in [0.15, 0.2) is 54.2 Å². The van der Waals surface area contributed by atoms with Gasteiger partial charge in [0.15, 0.2) is 11.0 Å². The monoisotopic (exact) mass is 496 g/mol. The number of carbonyl (C=O) groups excluding carboxylic acids is 1. The lowest BCUT2D eigenvalue weighted by molar-refractivity contribution is -0.113. The van der Waals surface area contributed by atoms with Gasteiger partial charge in [-0.2, -0.15) is 0 Å². The third-order valence-corrected chi connectivity index (χ3v) is 6.17. The van der Waals surface area contributed by atoms with E-state index < -0.39 is 0 Å². The first-order chi connectivity index (χ1) is 14.9. The van der Waals surface area contributed by atoms with Gasteiger partial charge >= 0.3 is 0 Å². The maximum absolute atomic E-state index is 12.4. The van der Waals surface area contributed by atoms with Crippen molar-refractivity contribution >= 4 is 58.2 Å². The Bertz CT molecular complexity index is 1100. The molecule has 0 atom stereocenters. The second-order valence-corrected chi connectivity index (χ2v) is 8.60. The number of thioether (sulfide) groups is 1. The van der Waals surface area contributed by atoms with E-state index in [1.54, 1.807) is 6.08 Å². The van der Waals surface area contributed by atoms with Crippen molar-refractivity contribution in [1.29, 1.82) is 0 Å². The standard InChI is InChI=1S/C21H19Cl3N4O2S/c1-3-8-28-19(11-30-18-7-5-4-6-13(18)2)26-27-21(28)31-12-20(29)25-17-10-15(23)14(22)9-16(17)24/h3-7,9-10H,1,8,11-12H2,2H3,(H,25,29). The Morgan fingerprint density at radius 1 is 1.19 bits per heavy atom. The Hall–Kier alpha value is -2.19. The van der Waals surface area contributed by atoms with E-state index >= 15 is 0 Å². The van der Waals surface area contributed by atoms with Crippen LogP contribution in [0.1, 0.15) is 11.4 Å². The molecule has 0 saturated heterocycles. The van der Waals surface area contributed by atoms with Crippen LogP contribution >= 0.6 is 46.6 Å². The van der Waals surface area contributed by atoms with Crippen molar-refractivity contribution in [2.75, 3.05) is 11.1 Å². The largest absolute Gasteiger partial charge is 0.485 e. The van der Waals surface area contributed by atoms with Gasteiger partial charge in [0, 0.05) is 6.54 Å². The van der Waals surface area contributed by atoms with Gasteiger partial charge in [-0.25, -0.2) is 0 Å². The number of anilines is 1. The number of carbonyl (C=O) groups is 1. The summed E-state index contributed by atoms with van der Waals surface area (Å²) in [7, 11) is 0. The molecular formula is C21H19Cl3N4O2S. The Morgan fingerprint density at radius 3 is 2.68 bits per heavy atom. The van der Waals surface area contributed by atoms with Gasteiger partial charge in [0.1, 0.15) is 12.4 Å². The van der Waals surface area contributed by atoms with E-state index in [9.17, 15) is 4.79 Å². The van der Waals surface area contributed by atoms with Crippen LogP contribution in [-0.2, 0) is 17.9 Å². The number of halogens is 3. The van der Waals surface area contributed by atoms with Crippen LogP contribution in [0.5, 0.6) is 5.75 Å². The fraction of sp³-hybridized carbons (Fsp3) is 0.190. The van der Waals surface area contributed by atoms with Crippen molar-refractivity contribution in [3.8, 4) is 5.75 Å². The SMILES string of the molecule is C=CCn1c(COc2ccccc2C)nnc1SCC(=O)Nc1cc(Cl)c(Cl)cc1Cl. The van der Waals surface area contributed by atoms with Gasteiger partial charge in [-0.1, -0.05) is 70.8 Å². The molecular weight excluding hydrogens is 479 g/mol. The lowest BCUT2D eigenvalue weighted by Crippen LogP contribution is -2.15.